The fourth-order valence-corrected chi connectivity index (χ4v) is 2.21. The van der Waals surface area contributed by atoms with E-state index < -0.39 is 0 Å². The molecule has 3 rings (SSSR count). The van der Waals surface area contributed by atoms with Crippen LogP contribution in [-0.4, -0.2) is 0 Å². The summed E-state index contributed by atoms with van der Waals surface area (Å²) < 4.78 is 5.83. The Bertz CT molecular complexity index is 817. The smallest absolute Gasteiger partial charge is 0.193 e. The standard InChI is InChI=1S/C17H15NO2/c1-2-11-3-8-16-14(9-11)15(19)10-17(20-16)12-4-6-13(18)7-5-12/h3-10H,2,18H2,1H3. The SMILES string of the molecule is CCc1ccc2oc(-c3ccc(N)cc3)cc(=O)c2c1. The van der Waals surface area contributed by atoms with Crippen molar-refractivity contribution in [1.29, 1.82) is 0 Å². The molecule has 0 spiro atoms. The number of aryl methyl sites for hydroxylation is 1. The summed E-state index contributed by atoms with van der Waals surface area (Å²) in [5, 5.41) is 0.628. The summed E-state index contributed by atoms with van der Waals surface area (Å²) in [4.78, 5) is 12.2. The van der Waals surface area contributed by atoms with E-state index in [0.717, 1.165) is 17.5 Å². The van der Waals surface area contributed by atoms with Crippen molar-refractivity contribution >= 4 is 16.7 Å². The molecule has 2 aromatic carbocycles. The lowest BCUT2D eigenvalue weighted by molar-refractivity contribution is 0.619. The van der Waals surface area contributed by atoms with Gasteiger partial charge in [-0.1, -0.05) is 13.0 Å². The molecule has 1 aromatic heterocycles. The third-order valence-electron chi connectivity index (χ3n) is 3.39. The van der Waals surface area contributed by atoms with Crippen LogP contribution in [0.1, 0.15) is 12.5 Å². The third kappa shape index (κ3) is 2.18. The Balaban J connectivity index is 2.19. The van der Waals surface area contributed by atoms with Gasteiger partial charge in [-0.05, 0) is 48.4 Å². The molecule has 0 unspecified atom stereocenters. The van der Waals surface area contributed by atoms with Crippen LogP contribution in [-0.2, 0) is 6.42 Å². The Kier molecular flexibility index (Phi) is 3.03. The molecule has 0 amide bonds. The largest absolute Gasteiger partial charge is 0.456 e. The van der Waals surface area contributed by atoms with Crippen molar-refractivity contribution in [3.63, 3.8) is 0 Å². The number of anilines is 1. The molecule has 100 valence electrons. The molecule has 0 atom stereocenters. The lowest BCUT2D eigenvalue weighted by Gasteiger charge is -2.05. The molecule has 0 aliphatic rings. The van der Waals surface area contributed by atoms with Crippen molar-refractivity contribution in [2.24, 2.45) is 0 Å². The molecular weight excluding hydrogens is 250 g/mol. The lowest BCUT2D eigenvalue weighted by atomic mass is 10.1. The molecule has 2 N–H and O–H groups in total. The average Bonchev–Trinajstić information content (AvgIpc) is 2.47. The Morgan fingerprint density at radius 1 is 1.05 bits per heavy atom. The van der Waals surface area contributed by atoms with Gasteiger partial charge in [-0.15, -0.1) is 0 Å². The first-order valence-electron chi connectivity index (χ1n) is 6.60. The molecular formula is C17H15NO2. The summed E-state index contributed by atoms with van der Waals surface area (Å²) >= 11 is 0. The molecule has 3 aromatic rings. The molecule has 0 saturated carbocycles. The minimum absolute atomic E-state index is 0.0200. The van der Waals surface area contributed by atoms with E-state index in [4.69, 9.17) is 10.2 Å². The van der Waals surface area contributed by atoms with Gasteiger partial charge in [0.1, 0.15) is 11.3 Å². The maximum absolute atomic E-state index is 12.2. The minimum atomic E-state index is -0.0200. The van der Waals surface area contributed by atoms with Crippen LogP contribution in [0.4, 0.5) is 5.69 Å². The van der Waals surface area contributed by atoms with Gasteiger partial charge in [0.15, 0.2) is 5.43 Å². The molecule has 20 heavy (non-hydrogen) atoms. The highest BCUT2D eigenvalue weighted by atomic mass is 16.3. The molecule has 3 heteroatoms. The number of hydrogen-bond acceptors (Lipinski definition) is 3. The van der Waals surface area contributed by atoms with Crippen LogP contribution < -0.4 is 11.2 Å². The van der Waals surface area contributed by atoms with Gasteiger partial charge in [0.25, 0.3) is 0 Å². The summed E-state index contributed by atoms with van der Waals surface area (Å²) in [6.07, 6.45) is 0.898. The Labute approximate surface area is 116 Å². The van der Waals surface area contributed by atoms with Crippen molar-refractivity contribution in [2.75, 3.05) is 5.73 Å². The third-order valence-corrected chi connectivity index (χ3v) is 3.39. The fraction of sp³-hybridized carbons (Fsp3) is 0.118. The average molecular weight is 265 g/mol. The van der Waals surface area contributed by atoms with E-state index >= 15 is 0 Å². The van der Waals surface area contributed by atoms with E-state index in [1.165, 1.54) is 6.07 Å². The van der Waals surface area contributed by atoms with Crippen LogP contribution in [0.25, 0.3) is 22.3 Å². The van der Waals surface area contributed by atoms with Crippen molar-refractivity contribution in [1.82, 2.24) is 0 Å². The van der Waals surface area contributed by atoms with Crippen molar-refractivity contribution < 1.29 is 4.42 Å². The summed E-state index contributed by atoms with van der Waals surface area (Å²) in [5.74, 6) is 0.562. The summed E-state index contributed by atoms with van der Waals surface area (Å²) in [5.41, 5.74) is 8.92. The predicted octanol–water partition coefficient (Wildman–Crippen LogP) is 3.60. The monoisotopic (exact) mass is 265 g/mol. The Morgan fingerprint density at radius 3 is 2.50 bits per heavy atom. The summed E-state index contributed by atoms with van der Waals surface area (Å²) in [6, 6.07) is 14.6. The Morgan fingerprint density at radius 2 is 1.80 bits per heavy atom. The topological polar surface area (TPSA) is 56.2 Å². The molecule has 0 radical (unpaired) electrons. The van der Waals surface area contributed by atoms with E-state index in [1.807, 2.05) is 30.3 Å². The van der Waals surface area contributed by atoms with Gasteiger partial charge in [0.05, 0.1) is 5.39 Å². The highest BCUT2D eigenvalue weighted by molar-refractivity contribution is 5.79. The van der Waals surface area contributed by atoms with Gasteiger partial charge < -0.3 is 10.2 Å². The van der Waals surface area contributed by atoms with E-state index in [0.29, 0.717) is 22.4 Å². The van der Waals surface area contributed by atoms with Crippen LogP contribution in [0.5, 0.6) is 0 Å². The van der Waals surface area contributed by atoms with Crippen molar-refractivity contribution in [2.45, 2.75) is 13.3 Å². The maximum Gasteiger partial charge on any atom is 0.193 e. The van der Waals surface area contributed by atoms with Gasteiger partial charge in [0.2, 0.25) is 0 Å². The first-order chi connectivity index (χ1) is 9.67. The first-order valence-corrected chi connectivity index (χ1v) is 6.60. The summed E-state index contributed by atoms with van der Waals surface area (Å²) in [6.45, 7) is 2.06. The van der Waals surface area contributed by atoms with Crippen LogP contribution in [0.2, 0.25) is 0 Å². The zero-order chi connectivity index (χ0) is 14.1. The molecule has 0 saturated heterocycles. The van der Waals surface area contributed by atoms with Gasteiger partial charge in [-0.3, -0.25) is 4.79 Å². The number of hydrogen-bond donors (Lipinski definition) is 1. The van der Waals surface area contributed by atoms with Crippen LogP contribution in [0, 0.1) is 0 Å². The number of fused-ring (bicyclic) bond motifs is 1. The van der Waals surface area contributed by atoms with Crippen molar-refractivity contribution in [3.8, 4) is 11.3 Å². The summed E-state index contributed by atoms with van der Waals surface area (Å²) in [7, 11) is 0. The molecule has 0 bridgehead atoms. The van der Waals surface area contributed by atoms with Gasteiger partial charge >= 0.3 is 0 Å². The number of benzene rings is 2. The zero-order valence-corrected chi connectivity index (χ0v) is 11.2. The second-order valence-electron chi connectivity index (χ2n) is 4.78. The first kappa shape index (κ1) is 12.5. The lowest BCUT2D eigenvalue weighted by Crippen LogP contribution is -2.01. The normalized spacial score (nSPS) is 10.8. The van der Waals surface area contributed by atoms with E-state index in [-0.39, 0.29) is 5.43 Å². The van der Waals surface area contributed by atoms with Gasteiger partial charge in [-0.2, -0.15) is 0 Å². The van der Waals surface area contributed by atoms with E-state index in [9.17, 15) is 4.79 Å². The molecule has 1 heterocycles. The fourth-order valence-electron chi connectivity index (χ4n) is 2.21. The Hall–Kier alpha value is -2.55. The number of nitrogens with two attached hydrogens (primary N) is 1. The van der Waals surface area contributed by atoms with E-state index in [2.05, 4.69) is 6.92 Å². The maximum atomic E-state index is 12.2. The number of rotatable bonds is 2. The second kappa shape index (κ2) is 4.85. The van der Waals surface area contributed by atoms with E-state index in [1.54, 1.807) is 12.1 Å². The van der Waals surface area contributed by atoms with Gasteiger partial charge in [0, 0.05) is 17.3 Å². The van der Waals surface area contributed by atoms with Crippen LogP contribution in [0.3, 0.4) is 0 Å². The minimum Gasteiger partial charge on any atom is -0.456 e. The highest BCUT2D eigenvalue weighted by Gasteiger charge is 2.07. The highest BCUT2D eigenvalue weighted by Crippen LogP contribution is 2.23. The zero-order valence-electron chi connectivity index (χ0n) is 11.2. The van der Waals surface area contributed by atoms with Crippen molar-refractivity contribution in [3.05, 3.63) is 64.3 Å². The molecule has 0 aliphatic heterocycles. The molecule has 0 aliphatic carbocycles. The number of nitrogen functional groups attached to an aromatic ring is 1. The molecule has 0 fully saturated rings. The van der Waals surface area contributed by atoms with Crippen LogP contribution in [0.15, 0.2) is 57.7 Å². The quantitative estimate of drug-likeness (QED) is 0.720. The predicted molar refractivity (Wildman–Crippen MR) is 81.7 cm³/mol. The van der Waals surface area contributed by atoms with Crippen LogP contribution >= 0.6 is 0 Å². The molecule has 3 nitrogen and oxygen atoms in total. The second-order valence-corrected chi connectivity index (χ2v) is 4.78. The van der Waals surface area contributed by atoms with Gasteiger partial charge in [-0.25, -0.2) is 0 Å².